The highest BCUT2D eigenvalue weighted by Crippen LogP contribution is 2.10. The van der Waals surface area contributed by atoms with Gasteiger partial charge in [0.15, 0.2) is 0 Å². The lowest BCUT2D eigenvalue weighted by Gasteiger charge is -2.17. The summed E-state index contributed by atoms with van der Waals surface area (Å²) in [5.41, 5.74) is 0. The monoisotopic (exact) mass is 283 g/mol. The first kappa shape index (κ1) is 17.2. The lowest BCUT2D eigenvalue weighted by Crippen LogP contribution is -2.31. The Morgan fingerprint density at radius 1 is 1.18 bits per heavy atom. The summed E-state index contributed by atoms with van der Waals surface area (Å²) in [6.07, 6.45) is 7.10. The second-order valence-corrected chi connectivity index (χ2v) is 7.66. The largest absolute Gasteiger partial charge is 0.319 e. The zero-order valence-electron chi connectivity index (χ0n) is 10.8. The van der Waals surface area contributed by atoms with Gasteiger partial charge in [0.2, 0.25) is 0 Å². The molecule has 2 N–H and O–H groups in total. The van der Waals surface area contributed by atoms with Crippen molar-refractivity contribution in [2.24, 2.45) is 0 Å². The molecule has 0 aliphatic carbocycles. The van der Waals surface area contributed by atoms with Crippen LogP contribution in [0.3, 0.4) is 0 Å². The smallest absolute Gasteiger partial charge is 0.313 e. The summed E-state index contributed by atoms with van der Waals surface area (Å²) < 4.78 is 29.6. The van der Waals surface area contributed by atoms with Crippen molar-refractivity contribution in [1.29, 1.82) is 0 Å². The minimum atomic E-state index is -3.88. The van der Waals surface area contributed by atoms with Crippen LogP contribution in [0, 0.1) is 0 Å². The van der Waals surface area contributed by atoms with Crippen LogP contribution in [0.5, 0.6) is 0 Å². The first-order chi connectivity index (χ1) is 7.99. The maximum atomic E-state index is 10.5. The highest BCUT2D eigenvalue weighted by Gasteiger charge is 2.08. The van der Waals surface area contributed by atoms with Crippen molar-refractivity contribution < 1.29 is 13.0 Å². The normalized spacial score (nSPS) is 13.8. The van der Waals surface area contributed by atoms with Crippen LogP contribution in [0.4, 0.5) is 0 Å². The van der Waals surface area contributed by atoms with E-state index in [1.807, 2.05) is 0 Å². The molecule has 0 bridgehead atoms. The predicted molar refractivity (Wildman–Crippen MR) is 74.8 cm³/mol. The lowest BCUT2D eigenvalue weighted by atomic mass is 10.0. The van der Waals surface area contributed by atoms with Gasteiger partial charge < -0.3 is 5.32 Å². The van der Waals surface area contributed by atoms with Crippen LogP contribution in [-0.2, 0) is 9.15 Å². The van der Waals surface area contributed by atoms with Gasteiger partial charge in [-0.1, -0.05) is 39.5 Å². The molecule has 0 aliphatic rings. The van der Waals surface area contributed by atoms with E-state index in [0.717, 1.165) is 19.3 Å². The van der Waals surface area contributed by atoms with E-state index < -0.39 is 9.15 Å². The number of nitrogens with one attached hydrogen (secondary N) is 1. The van der Waals surface area contributed by atoms with Gasteiger partial charge >= 0.3 is 9.15 Å². The van der Waals surface area contributed by atoms with E-state index in [1.165, 1.54) is 19.3 Å². The summed E-state index contributed by atoms with van der Waals surface area (Å²) in [6, 6.07) is 0.480. The molecule has 0 fully saturated rings. The lowest BCUT2D eigenvalue weighted by molar-refractivity contribution is 0.441. The molecular formula is C11H25NO3S2. The molecule has 0 aliphatic heterocycles. The maximum absolute atomic E-state index is 10.5. The average Bonchev–Trinajstić information content (AvgIpc) is 2.23. The molecule has 104 valence electrons. The van der Waals surface area contributed by atoms with Crippen molar-refractivity contribution in [3.8, 4) is 0 Å². The Morgan fingerprint density at radius 3 is 2.41 bits per heavy atom. The van der Waals surface area contributed by atoms with E-state index in [1.54, 1.807) is 0 Å². The maximum Gasteiger partial charge on any atom is 0.319 e. The molecule has 0 saturated carbocycles. The van der Waals surface area contributed by atoms with Gasteiger partial charge in [-0.25, -0.2) is 0 Å². The van der Waals surface area contributed by atoms with Crippen LogP contribution >= 0.6 is 10.8 Å². The molecule has 0 saturated heterocycles. The Labute approximate surface area is 109 Å². The third-order valence-electron chi connectivity index (χ3n) is 2.56. The molecule has 0 aromatic carbocycles. The molecule has 0 rings (SSSR count). The van der Waals surface area contributed by atoms with Crippen LogP contribution in [0.15, 0.2) is 0 Å². The van der Waals surface area contributed by atoms with Crippen LogP contribution in [0.25, 0.3) is 0 Å². The third-order valence-corrected chi connectivity index (χ3v) is 4.62. The van der Waals surface area contributed by atoms with Crippen molar-refractivity contribution in [3.63, 3.8) is 0 Å². The van der Waals surface area contributed by atoms with Crippen LogP contribution in [0.1, 0.15) is 52.4 Å². The van der Waals surface area contributed by atoms with Crippen LogP contribution in [0.2, 0.25) is 0 Å². The van der Waals surface area contributed by atoms with Crippen LogP contribution in [-0.4, -0.2) is 31.3 Å². The molecular weight excluding hydrogens is 258 g/mol. The Hall–Kier alpha value is 0.220. The fourth-order valence-corrected chi connectivity index (χ4v) is 3.04. The second-order valence-electron chi connectivity index (χ2n) is 4.19. The van der Waals surface area contributed by atoms with Crippen LogP contribution < -0.4 is 5.32 Å². The van der Waals surface area contributed by atoms with Gasteiger partial charge in [0, 0.05) is 18.3 Å². The average molecular weight is 283 g/mol. The fourth-order valence-electron chi connectivity index (χ4n) is 1.75. The summed E-state index contributed by atoms with van der Waals surface area (Å²) in [4.78, 5) is 0. The molecule has 1 atom stereocenters. The minimum Gasteiger partial charge on any atom is -0.313 e. The zero-order chi connectivity index (χ0) is 13.1. The van der Waals surface area contributed by atoms with Gasteiger partial charge in [-0.15, -0.1) is 0 Å². The fraction of sp³-hybridized carbons (Fsp3) is 1.00. The van der Waals surface area contributed by atoms with E-state index in [4.69, 9.17) is 4.55 Å². The first-order valence-corrected chi connectivity index (χ1v) is 9.29. The number of hydrogen-bond donors (Lipinski definition) is 2. The Morgan fingerprint density at radius 2 is 1.88 bits per heavy atom. The minimum absolute atomic E-state index is 0.396. The van der Waals surface area contributed by atoms with Gasteiger partial charge in [-0.2, -0.15) is 8.42 Å². The van der Waals surface area contributed by atoms with Gasteiger partial charge in [0.25, 0.3) is 0 Å². The van der Waals surface area contributed by atoms with Crippen molar-refractivity contribution in [3.05, 3.63) is 0 Å². The summed E-state index contributed by atoms with van der Waals surface area (Å²) >= 11 is 0. The molecule has 4 nitrogen and oxygen atoms in total. The third kappa shape index (κ3) is 12.5. The molecule has 0 heterocycles. The van der Waals surface area contributed by atoms with Gasteiger partial charge in [0.1, 0.15) is 0 Å². The second kappa shape index (κ2) is 10.2. The van der Waals surface area contributed by atoms with E-state index in [2.05, 4.69) is 19.2 Å². The molecule has 6 heteroatoms. The Bertz CT molecular complexity index is 268. The number of hydrogen-bond acceptors (Lipinski definition) is 4. The van der Waals surface area contributed by atoms with Gasteiger partial charge in [-0.3, -0.25) is 4.55 Å². The highest BCUT2D eigenvalue weighted by molar-refractivity contribution is 8.69. The molecule has 0 amide bonds. The molecule has 17 heavy (non-hydrogen) atoms. The Balaban J connectivity index is 3.68. The Kier molecular flexibility index (Phi) is 10.3. The van der Waals surface area contributed by atoms with Crippen molar-refractivity contribution in [2.45, 2.75) is 58.4 Å². The molecule has 0 aromatic rings. The van der Waals surface area contributed by atoms with Crippen molar-refractivity contribution in [2.75, 3.05) is 12.3 Å². The van der Waals surface area contributed by atoms with Gasteiger partial charge in [0.05, 0.1) is 0 Å². The SMILES string of the molecule is CCCCCC(CCC)NCCSS(=O)(=O)O. The summed E-state index contributed by atoms with van der Waals surface area (Å²) in [5.74, 6) is 0.396. The van der Waals surface area contributed by atoms with E-state index in [9.17, 15) is 8.42 Å². The van der Waals surface area contributed by atoms with E-state index in [0.29, 0.717) is 29.1 Å². The first-order valence-electron chi connectivity index (χ1n) is 6.34. The predicted octanol–water partition coefficient (Wildman–Crippen LogP) is 2.86. The summed E-state index contributed by atoms with van der Waals surface area (Å²) in [6.45, 7) is 4.97. The zero-order valence-corrected chi connectivity index (χ0v) is 12.4. The molecule has 1 unspecified atom stereocenters. The number of unbranched alkanes of at least 4 members (excludes halogenated alkanes) is 2. The van der Waals surface area contributed by atoms with Crippen molar-refractivity contribution in [1.82, 2.24) is 5.32 Å². The molecule has 0 aromatic heterocycles. The number of rotatable bonds is 11. The van der Waals surface area contributed by atoms with Crippen molar-refractivity contribution >= 4 is 19.9 Å². The standard InChI is InChI=1S/C11H25NO3S2/c1-3-5-6-8-11(7-4-2)12-9-10-16-17(13,14)15/h11-12H,3-10H2,1-2H3,(H,13,14,15). The molecule has 0 spiro atoms. The summed E-state index contributed by atoms with van der Waals surface area (Å²) in [5, 5.41) is 3.36. The van der Waals surface area contributed by atoms with E-state index in [-0.39, 0.29) is 0 Å². The summed E-state index contributed by atoms with van der Waals surface area (Å²) in [7, 11) is -3.29. The van der Waals surface area contributed by atoms with Gasteiger partial charge in [-0.05, 0) is 23.6 Å². The quantitative estimate of drug-likeness (QED) is 0.347. The molecule has 0 radical (unpaired) electrons. The highest BCUT2D eigenvalue weighted by atomic mass is 33.1. The topological polar surface area (TPSA) is 66.4 Å². The van der Waals surface area contributed by atoms with E-state index >= 15 is 0 Å².